The van der Waals surface area contributed by atoms with Gasteiger partial charge in [0.2, 0.25) is 0 Å². The molecular weight excluding hydrogens is 577 g/mol. The molecule has 0 amide bonds. The molecule has 2 saturated heterocycles. The van der Waals surface area contributed by atoms with E-state index in [0.29, 0.717) is 55.9 Å². The zero-order chi connectivity index (χ0) is 28.2. The first-order chi connectivity index (χ1) is 18.8. The molecule has 7 rings (SSSR count). The smallest absolute Gasteiger partial charge is 0.368 e. The quantitative estimate of drug-likeness (QED) is 0.406. The minimum absolute atomic E-state index is 0.0337. The van der Waals surface area contributed by atoms with Crippen LogP contribution in [0.2, 0.25) is 5.02 Å². The predicted octanol–water partition coefficient (Wildman–Crippen LogP) is 4.71. The van der Waals surface area contributed by atoms with Gasteiger partial charge in [0, 0.05) is 42.0 Å². The lowest BCUT2D eigenvalue weighted by molar-refractivity contribution is -0.142. The van der Waals surface area contributed by atoms with Crippen molar-refractivity contribution in [2.24, 2.45) is 5.41 Å². The fourth-order valence-corrected chi connectivity index (χ4v) is 8.42. The molecule has 2 aromatic carbocycles. The Labute approximate surface area is 231 Å². The second-order valence-electron chi connectivity index (χ2n) is 11.4. The lowest BCUT2D eigenvalue weighted by Crippen LogP contribution is -2.62. The van der Waals surface area contributed by atoms with Gasteiger partial charge in [0.05, 0.1) is 29.4 Å². The predicted molar refractivity (Wildman–Crippen MR) is 136 cm³/mol. The molecule has 3 aliphatic heterocycles. The van der Waals surface area contributed by atoms with Gasteiger partial charge >= 0.3 is 6.18 Å². The first kappa shape index (κ1) is 26.1. The number of sulfone groups is 1. The molecule has 1 aliphatic carbocycles. The molecule has 212 valence electrons. The molecule has 14 heteroatoms. The first-order valence-electron chi connectivity index (χ1n) is 12.8. The van der Waals surface area contributed by atoms with E-state index in [2.05, 4.69) is 15.1 Å². The number of anilines is 1. The van der Waals surface area contributed by atoms with Crippen LogP contribution >= 0.6 is 11.6 Å². The minimum Gasteiger partial charge on any atom is -0.368 e. The molecule has 0 bridgehead atoms. The van der Waals surface area contributed by atoms with Crippen molar-refractivity contribution in [3.05, 3.63) is 69.8 Å². The Bertz CT molecular complexity index is 1630. The topological polar surface area (TPSA) is 71.3 Å². The van der Waals surface area contributed by atoms with Gasteiger partial charge in [0.15, 0.2) is 21.5 Å². The summed E-state index contributed by atoms with van der Waals surface area (Å²) in [5, 5.41) is 9.54. The first-order valence-corrected chi connectivity index (χ1v) is 15.0. The van der Waals surface area contributed by atoms with Gasteiger partial charge < -0.3 is 4.90 Å². The summed E-state index contributed by atoms with van der Waals surface area (Å²) in [5.74, 6) is -1.51. The maximum Gasteiger partial charge on any atom is 0.422 e. The third-order valence-corrected chi connectivity index (χ3v) is 10.7. The zero-order valence-electron chi connectivity index (χ0n) is 20.9. The van der Waals surface area contributed by atoms with Gasteiger partial charge in [0.1, 0.15) is 17.2 Å². The van der Waals surface area contributed by atoms with Crippen molar-refractivity contribution in [1.82, 2.24) is 19.7 Å². The van der Waals surface area contributed by atoms with E-state index in [0.717, 1.165) is 23.1 Å². The van der Waals surface area contributed by atoms with Crippen molar-refractivity contribution in [3.63, 3.8) is 0 Å². The van der Waals surface area contributed by atoms with Gasteiger partial charge in [-0.15, -0.1) is 10.2 Å². The summed E-state index contributed by atoms with van der Waals surface area (Å²) in [6.07, 6.45) is -3.73. The standard InChI is InChI=1S/C26H23ClF5N5O2S/c27-16-1-3-19-14(5-16)8-35(17-10-40(38,39)11-17)9-21-33-34-24(37(19)21)15-6-25(7-15)12-36(13-25)20-4-2-18(28)22(23(20)29)26(30,31)32/h1-5,15,17H,6-13H2. The monoisotopic (exact) mass is 599 g/mol. The van der Waals surface area contributed by atoms with Crippen molar-refractivity contribution in [2.75, 3.05) is 29.5 Å². The summed E-state index contributed by atoms with van der Waals surface area (Å²) in [6, 6.07) is 7.17. The molecule has 40 heavy (non-hydrogen) atoms. The van der Waals surface area contributed by atoms with E-state index in [9.17, 15) is 30.4 Å². The molecule has 1 aromatic heterocycles. The van der Waals surface area contributed by atoms with Gasteiger partial charge in [-0.25, -0.2) is 17.2 Å². The van der Waals surface area contributed by atoms with Crippen LogP contribution in [0, 0.1) is 17.0 Å². The largest absolute Gasteiger partial charge is 0.422 e. The molecular formula is C26H23ClF5N5O2S. The van der Waals surface area contributed by atoms with Crippen molar-refractivity contribution < 1.29 is 30.4 Å². The van der Waals surface area contributed by atoms with Crippen molar-refractivity contribution in [1.29, 1.82) is 0 Å². The Morgan fingerprint density at radius 1 is 0.975 bits per heavy atom. The van der Waals surface area contributed by atoms with Gasteiger partial charge in [0.25, 0.3) is 0 Å². The van der Waals surface area contributed by atoms with E-state index in [4.69, 9.17) is 11.6 Å². The van der Waals surface area contributed by atoms with Crippen LogP contribution in [0.1, 0.15) is 41.5 Å². The second kappa shape index (κ2) is 8.62. The van der Waals surface area contributed by atoms with Gasteiger partial charge in [-0.3, -0.25) is 9.47 Å². The molecule has 4 aliphatic rings. The Hall–Kier alpha value is -2.77. The highest BCUT2D eigenvalue weighted by Crippen LogP contribution is 2.57. The minimum atomic E-state index is -5.12. The summed E-state index contributed by atoms with van der Waals surface area (Å²) >= 11 is 6.31. The highest BCUT2D eigenvalue weighted by atomic mass is 35.5. The lowest BCUT2D eigenvalue weighted by Gasteiger charge is -2.59. The Balaban J connectivity index is 1.12. The van der Waals surface area contributed by atoms with E-state index >= 15 is 0 Å². The number of aromatic nitrogens is 3. The zero-order valence-corrected chi connectivity index (χ0v) is 22.5. The molecule has 3 fully saturated rings. The number of benzene rings is 2. The molecule has 0 unspecified atom stereocenters. The molecule has 0 radical (unpaired) electrons. The number of halogens is 6. The van der Waals surface area contributed by atoms with Crippen molar-refractivity contribution in [2.45, 2.75) is 44.1 Å². The number of rotatable bonds is 3. The number of hydrogen-bond donors (Lipinski definition) is 0. The van der Waals surface area contributed by atoms with E-state index in [-0.39, 0.29) is 34.6 Å². The van der Waals surface area contributed by atoms with Crippen LogP contribution in [0.25, 0.3) is 5.69 Å². The maximum atomic E-state index is 14.7. The van der Waals surface area contributed by atoms with E-state index in [1.54, 1.807) is 6.07 Å². The molecule has 0 atom stereocenters. The molecule has 1 spiro atoms. The number of hydrogen-bond acceptors (Lipinski definition) is 6. The maximum absolute atomic E-state index is 14.7. The summed E-state index contributed by atoms with van der Waals surface area (Å²) < 4.78 is 93.6. The molecule has 7 nitrogen and oxygen atoms in total. The van der Waals surface area contributed by atoms with E-state index in [1.165, 1.54) is 4.90 Å². The average molecular weight is 600 g/mol. The molecule has 1 saturated carbocycles. The Kier molecular flexibility index (Phi) is 5.63. The summed E-state index contributed by atoms with van der Waals surface area (Å²) in [4.78, 5) is 3.61. The van der Waals surface area contributed by atoms with E-state index < -0.39 is 33.2 Å². The van der Waals surface area contributed by atoms with Crippen LogP contribution in [0.3, 0.4) is 0 Å². The van der Waals surface area contributed by atoms with Crippen LogP contribution in [0.15, 0.2) is 30.3 Å². The highest BCUT2D eigenvalue weighted by Gasteiger charge is 2.55. The van der Waals surface area contributed by atoms with Crippen LogP contribution in [-0.4, -0.2) is 58.7 Å². The average Bonchev–Trinajstić information content (AvgIpc) is 3.11. The van der Waals surface area contributed by atoms with Crippen LogP contribution in [-0.2, 0) is 29.1 Å². The number of alkyl halides is 3. The summed E-state index contributed by atoms with van der Waals surface area (Å²) in [7, 11) is -3.02. The van der Waals surface area contributed by atoms with E-state index in [1.807, 2.05) is 16.7 Å². The third-order valence-electron chi connectivity index (χ3n) is 8.64. The fourth-order valence-electron chi connectivity index (χ4n) is 6.73. The van der Waals surface area contributed by atoms with Gasteiger partial charge in [-0.05, 0) is 48.7 Å². The highest BCUT2D eigenvalue weighted by molar-refractivity contribution is 7.92. The molecule has 0 N–H and O–H groups in total. The van der Waals surface area contributed by atoms with Crippen molar-refractivity contribution in [3.8, 4) is 5.69 Å². The second-order valence-corrected chi connectivity index (χ2v) is 14.0. The third kappa shape index (κ3) is 4.11. The molecule has 4 heterocycles. The molecule has 3 aromatic rings. The summed E-state index contributed by atoms with van der Waals surface area (Å²) in [5.41, 5.74) is -0.490. The Morgan fingerprint density at radius 2 is 1.68 bits per heavy atom. The van der Waals surface area contributed by atoms with Crippen LogP contribution in [0.5, 0.6) is 0 Å². The number of nitrogens with zero attached hydrogens (tertiary/aromatic N) is 5. The van der Waals surface area contributed by atoms with Gasteiger partial charge in [-0.2, -0.15) is 13.2 Å². The van der Waals surface area contributed by atoms with Crippen molar-refractivity contribution >= 4 is 27.1 Å². The Morgan fingerprint density at radius 3 is 2.35 bits per heavy atom. The fraction of sp³-hybridized carbons (Fsp3) is 0.462. The van der Waals surface area contributed by atoms with Crippen LogP contribution < -0.4 is 4.90 Å². The summed E-state index contributed by atoms with van der Waals surface area (Å²) in [6.45, 7) is 1.67. The normalized spacial score (nSPS) is 23.6. The lowest BCUT2D eigenvalue weighted by atomic mass is 9.57. The van der Waals surface area contributed by atoms with Crippen LogP contribution in [0.4, 0.5) is 27.6 Å². The number of fused-ring (bicyclic) bond motifs is 3. The van der Waals surface area contributed by atoms with Gasteiger partial charge in [-0.1, -0.05) is 11.6 Å². The SMILES string of the molecule is O=S1(=O)CC(N2Cc3cc(Cl)ccc3-n3c(nnc3C3CC4(C3)CN(c3ccc(F)c(C(F)(F)F)c3F)C4)C2)C1.